The van der Waals surface area contributed by atoms with E-state index in [4.69, 9.17) is 0 Å². The van der Waals surface area contributed by atoms with Crippen molar-refractivity contribution in [1.29, 1.82) is 0 Å². The van der Waals surface area contributed by atoms with Gasteiger partial charge in [-0.3, -0.25) is 9.59 Å². The van der Waals surface area contributed by atoms with Crippen LogP contribution in [0.15, 0.2) is 42.5 Å². The van der Waals surface area contributed by atoms with Crippen LogP contribution in [-0.4, -0.2) is 34.9 Å². The zero-order chi connectivity index (χ0) is 22.0. The number of aromatic amines is 1. The van der Waals surface area contributed by atoms with Gasteiger partial charge in [-0.15, -0.1) is 0 Å². The number of anilines is 1. The molecule has 1 unspecified atom stereocenters. The standard InChI is InChI=1S/C24H27FN4O2/c1-15(2)16-5-8-19(9-6-16)29-14-17(12-23(29)30)24(31)26-11-3-4-22-27-20-10-7-18(25)13-21(20)28-22/h5-10,13,15,17H,3-4,11-12,14H2,1-2H3,(H,26,31)(H,27,28). The number of rotatable bonds is 7. The Bertz CT molecular complexity index is 1090. The summed E-state index contributed by atoms with van der Waals surface area (Å²) >= 11 is 0. The van der Waals surface area contributed by atoms with Crippen LogP contribution in [0.2, 0.25) is 0 Å². The third-order valence-corrected chi connectivity index (χ3v) is 5.75. The number of aryl methyl sites for hydroxylation is 1. The van der Waals surface area contributed by atoms with Crippen molar-refractivity contribution in [3.8, 4) is 0 Å². The Morgan fingerprint density at radius 2 is 2.03 bits per heavy atom. The van der Waals surface area contributed by atoms with Gasteiger partial charge >= 0.3 is 0 Å². The maximum atomic E-state index is 13.3. The molecule has 3 aromatic rings. The van der Waals surface area contributed by atoms with Crippen LogP contribution in [0, 0.1) is 11.7 Å². The predicted octanol–water partition coefficient (Wildman–Crippen LogP) is 3.93. The minimum Gasteiger partial charge on any atom is -0.356 e. The van der Waals surface area contributed by atoms with Crippen LogP contribution in [-0.2, 0) is 16.0 Å². The average Bonchev–Trinajstić information content (AvgIpc) is 3.33. The monoisotopic (exact) mass is 422 g/mol. The third-order valence-electron chi connectivity index (χ3n) is 5.75. The topological polar surface area (TPSA) is 78.1 Å². The van der Waals surface area contributed by atoms with Gasteiger partial charge in [-0.2, -0.15) is 0 Å². The Balaban J connectivity index is 1.26. The minimum atomic E-state index is -0.341. The zero-order valence-electron chi connectivity index (χ0n) is 17.8. The number of imidazole rings is 1. The highest BCUT2D eigenvalue weighted by Crippen LogP contribution is 2.27. The molecule has 1 aliphatic rings. The molecule has 1 aromatic heterocycles. The van der Waals surface area contributed by atoms with Gasteiger partial charge in [0.25, 0.3) is 0 Å². The maximum absolute atomic E-state index is 13.3. The smallest absolute Gasteiger partial charge is 0.227 e. The van der Waals surface area contributed by atoms with Gasteiger partial charge in [0.2, 0.25) is 11.8 Å². The maximum Gasteiger partial charge on any atom is 0.227 e. The highest BCUT2D eigenvalue weighted by Gasteiger charge is 2.34. The second-order valence-corrected chi connectivity index (χ2v) is 8.39. The summed E-state index contributed by atoms with van der Waals surface area (Å²) in [4.78, 5) is 34.2. The van der Waals surface area contributed by atoms with Gasteiger partial charge in [-0.1, -0.05) is 26.0 Å². The molecule has 4 rings (SSSR count). The van der Waals surface area contributed by atoms with Gasteiger partial charge in [0.15, 0.2) is 0 Å². The molecule has 31 heavy (non-hydrogen) atoms. The minimum absolute atomic E-state index is 0.0213. The number of halogens is 1. The molecule has 1 aliphatic heterocycles. The van der Waals surface area contributed by atoms with Gasteiger partial charge in [0, 0.05) is 31.6 Å². The number of carbonyl (C=O) groups is 2. The number of H-pyrrole nitrogens is 1. The van der Waals surface area contributed by atoms with E-state index in [0.29, 0.717) is 37.4 Å². The zero-order valence-corrected chi connectivity index (χ0v) is 17.8. The molecule has 1 fully saturated rings. The number of hydrogen-bond donors (Lipinski definition) is 2. The second kappa shape index (κ2) is 8.88. The number of hydrogen-bond acceptors (Lipinski definition) is 3. The van der Waals surface area contributed by atoms with Gasteiger partial charge in [-0.25, -0.2) is 9.37 Å². The number of amides is 2. The van der Waals surface area contributed by atoms with E-state index in [1.807, 2.05) is 24.3 Å². The van der Waals surface area contributed by atoms with E-state index in [1.54, 1.807) is 11.0 Å². The van der Waals surface area contributed by atoms with E-state index in [-0.39, 0.29) is 30.0 Å². The van der Waals surface area contributed by atoms with Crippen LogP contribution in [0.1, 0.15) is 44.0 Å². The van der Waals surface area contributed by atoms with E-state index in [2.05, 4.69) is 29.1 Å². The fourth-order valence-electron chi connectivity index (χ4n) is 3.94. The van der Waals surface area contributed by atoms with E-state index in [1.165, 1.54) is 17.7 Å². The van der Waals surface area contributed by atoms with Crippen LogP contribution in [0.5, 0.6) is 0 Å². The van der Waals surface area contributed by atoms with Crippen molar-refractivity contribution in [2.45, 2.75) is 39.0 Å². The van der Waals surface area contributed by atoms with Crippen molar-refractivity contribution in [3.63, 3.8) is 0 Å². The highest BCUT2D eigenvalue weighted by molar-refractivity contribution is 6.00. The quantitative estimate of drug-likeness (QED) is 0.567. The molecule has 0 bridgehead atoms. The van der Waals surface area contributed by atoms with Crippen LogP contribution >= 0.6 is 0 Å². The fourth-order valence-corrected chi connectivity index (χ4v) is 3.94. The molecule has 1 atom stereocenters. The van der Waals surface area contributed by atoms with Gasteiger partial charge < -0.3 is 15.2 Å². The molecule has 0 spiro atoms. The molecular formula is C24H27FN4O2. The molecule has 0 aliphatic carbocycles. The molecule has 7 heteroatoms. The van der Waals surface area contributed by atoms with E-state index < -0.39 is 0 Å². The van der Waals surface area contributed by atoms with Crippen molar-refractivity contribution in [3.05, 3.63) is 59.7 Å². The first-order chi connectivity index (χ1) is 14.9. The molecule has 0 saturated carbocycles. The number of nitrogens with zero attached hydrogens (tertiary/aromatic N) is 2. The van der Waals surface area contributed by atoms with Crippen molar-refractivity contribution in [1.82, 2.24) is 15.3 Å². The summed E-state index contributed by atoms with van der Waals surface area (Å²) in [7, 11) is 0. The molecular weight excluding hydrogens is 395 g/mol. The van der Waals surface area contributed by atoms with Crippen molar-refractivity contribution in [2.75, 3.05) is 18.0 Å². The molecule has 0 radical (unpaired) electrons. The highest BCUT2D eigenvalue weighted by atomic mass is 19.1. The third kappa shape index (κ3) is 4.76. The SMILES string of the molecule is CC(C)c1ccc(N2CC(C(=O)NCCCc3nc4ccc(F)cc4[nH]3)CC2=O)cc1. The first-order valence-corrected chi connectivity index (χ1v) is 10.7. The Kier molecular flexibility index (Phi) is 6.02. The number of benzene rings is 2. The Morgan fingerprint density at radius 1 is 1.26 bits per heavy atom. The molecule has 2 N–H and O–H groups in total. The Morgan fingerprint density at radius 3 is 2.77 bits per heavy atom. The molecule has 162 valence electrons. The Hall–Kier alpha value is -3.22. The summed E-state index contributed by atoms with van der Waals surface area (Å²) in [5, 5.41) is 2.93. The van der Waals surface area contributed by atoms with Gasteiger partial charge in [-0.05, 0) is 48.2 Å². The Labute approximate surface area is 180 Å². The van der Waals surface area contributed by atoms with Gasteiger partial charge in [0.05, 0.1) is 17.0 Å². The second-order valence-electron chi connectivity index (χ2n) is 8.39. The average molecular weight is 423 g/mol. The van der Waals surface area contributed by atoms with Crippen molar-refractivity contribution < 1.29 is 14.0 Å². The summed E-state index contributed by atoms with van der Waals surface area (Å²) in [5.41, 5.74) is 3.46. The summed E-state index contributed by atoms with van der Waals surface area (Å²) in [6.07, 6.45) is 1.58. The summed E-state index contributed by atoms with van der Waals surface area (Å²) < 4.78 is 13.3. The summed E-state index contributed by atoms with van der Waals surface area (Å²) in [6.45, 7) is 5.16. The van der Waals surface area contributed by atoms with E-state index in [0.717, 1.165) is 17.0 Å². The normalized spacial score (nSPS) is 16.5. The van der Waals surface area contributed by atoms with E-state index in [9.17, 15) is 14.0 Å². The molecule has 1 saturated heterocycles. The fraction of sp³-hybridized carbons (Fsp3) is 0.375. The van der Waals surface area contributed by atoms with Crippen LogP contribution in [0.3, 0.4) is 0 Å². The van der Waals surface area contributed by atoms with Crippen molar-refractivity contribution in [2.24, 2.45) is 5.92 Å². The van der Waals surface area contributed by atoms with Crippen molar-refractivity contribution >= 4 is 28.5 Å². The van der Waals surface area contributed by atoms with E-state index >= 15 is 0 Å². The lowest BCUT2D eigenvalue weighted by Gasteiger charge is -2.17. The first kappa shape index (κ1) is 21.0. The van der Waals surface area contributed by atoms with Gasteiger partial charge in [0.1, 0.15) is 11.6 Å². The molecule has 2 aromatic carbocycles. The largest absolute Gasteiger partial charge is 0.356 e. The predicted molar refractivity (Wildman–Crippen MR) is 118 cm³/mol. The lowest BCUT2D eigenvalue weighted by Crippen LogP contribution is -2.33. The first-order valence-electron chi connectivity index (χ1n) is 10.7. The number of carbonyl (C=O) groups excluding carboxylic acids is 2. The lowest BCUT2D eigenvalue weighted by atomic mass is 10.0. The van der Waals surface area contributed by atoms with Crippen LogP contribution < -0.4 is 10.2 Å². The number of nitrogens with one attached hydrogen (secondary N) is 2. The van der Waals surface area contributed by atoms with Crippen LogP contribution in [0.25, 0.3) is 11.0 Å². The van der Waals surface area contributed by atoms with Crippen LogP contribution in [0.4, 0.5) is 10.1 Å². The molecule has 2 amide bonds. The lowest BCUT2D eigenvalue weighted by molar-refractivity contribution is -0.126. The number of aromatic nitrogens is 2. The number of fused-ring (bicyclic) bond motifs is 1. The molecule has 2 heterocycles. The summed E-state index contributed by atoms with van der Waals surface area (Å²) in [6, 6.07) is 12.4. The summed E-state index contributed by atoms with van der Waals surface area (Å²) in [5.74, 6) is 0.440. The molecule has 6 nitrogen and oxygen atoms in total.